The summed E-state index contributed by atoms with van der Waals surface area (Å²) in [6.07, 6.45) is -6.00. The summed E-state index contributed by atoms with van der Waals surface area (Å²) in [4.78, 5) is 38.6. The first-order valence-electron chi connectivity index (χ1n) is 8.24. The monoisotopic (exact) mass is 404 g/mol. The fraction of sp³-hybridized carbons (Fsp3) is 0.105. The van der Waals surface area contributed by atoms with Gasteiger partial charge in [-0.05, 0) is 24.3 Å². The largest absolute Gasteiger partial charge is 0.494 e. The summed E-state index contributed by atoms with van der Waals surface area (Å²) >= 11 is 0. The number of hydrogen-bond acceptors (Lipinski definition) is 5. The molecule has 29 heavy (non-hydrogen) atoms. The molecule has 1 aliphatic heterocycles. The third-order valence-electron chi connectivity index (χ3n) is 4.50. The molecule has 4 rings (SSSR count). The van der Waals surface area contributed by atoms with E-state index >= 15 is 0 Å². The Morgan fingerprint density at radius 3 is 2.48 bits per heavy atom. The molecule has 1 atom stereocenters. The van der Waals surface area contributed by atoms with E-state index in [9.17, 15) is 32.7 Å². The number of nitrogens with one attached hydrogen (secondary N) is 1. The SMILES string of the molecule is O=C1O[C@@H](c2c(O)n(-c3cccc(C(F)(F)F)c3)c(=O)[nH]c2=O)c2ccccc21. The van der Waals surface area contributed by atoms with Gasteiger partial charge in [0.2, 0.25) is 5.88 Å². The molecule has 0 amide bonds. The summed E-state index contributed by atoms with van der Waals surface area (Å²) in [6.45, 7) is 0. The van der Waals surface area contributed by atoms with Gasteiger partial charge in [0.1, 0.15) is 5.56 Å². The number of carbonyl (C=O) groups is 1. The summed E-state index contributed by atoms with van der Waals surface area (Å²) in [5.41, 5.74) is -3.55. The molecule has 0 unspecified atom stereocenters. The second kappa shape index (κ2) is 6.36. The number of rotatable bonds is 2. The number of esters is 1. The maximum atomic E-state index is 13.0. The topological polar surface area (TPSA) is 101 Å². The van der Waals surface area contributed by atoms with Gasteiger partial charge >= 0.3 is 17.8 Å². The van der Waals surface area contributed by atoms with E-state index in [4.69, 9.17) is 4.74 Å². The molecule has 10 heteroatoms. The lowest BCUT2D eigenvalue weighted by Gasteiger charge is -2.16. The van der Waals surface area contributed by atoms with E-state index in [1.165, 1.54) is 12.1 Å². The Bertz CT molecular complexity index is 1260. The molecular weight excluding hydrogens is 393 g/mol. The lowest BCUT2D eigenvalue weighted by molar-refractivity contribution is -0.137. The predicted molar refractivity (Wildman–Crippen MR) is 93.0 cm³/mol. The van der Waals surface area contributed by atoms with Crippen LogP contribution in [0.5, 0.6) is 5.88 Å². The number of aromatic hydroxyl groups is 1. The summed E-state index contributed by atoms with van der Waals surface area (Å²) in [6, 6.07) is 9.80. The second-order valence-electron chi connectivity index (χ2n) is 6.25. The molecule has 2 heterocycles. The number of benzene rings is 2. The van der Waals surface area contributed by atoms with Crippen LogP contribution in [0.3, 0.4) is 0 Å². The first-order valence-corrected chi connectivity index (χ1v) is 8.24. The van der Waals surface area contributed by atoms with Gasteiger partial charge in [-0.3, -0.25) is 9.78 Å². The Balaban J connectivity index is 1.94. The van der Waals surface area contributed by atoms with Gasteiger partial charge in [0.15, 0.2) is 6.10 Å². The first-order chi connectivity index (χ1) is 13.7. The van der Waals surface area contributed by atoms with Crippen molar-refractivity contribution in [2.45, 2.75) is 12.3 Å². The highest BCUT2D eigenvalue weighted by atomic mass is 19.4. The molecule has 1 aliphatic rings. The lowest BCUT2D eigenvalue weighted by atomic mass is 10.0. The van der Waals surface area contributed by atoms with Crippen LogP contribution in [0, 0.1) is 0 Å². The highest BCUT2D eigenvalue weighted by Crippen LogP contribution is 2.38. The van der Waals surface area contributed by atoms with Gasteiger partial charge < -0.3 is 9.84 Å². The van der Waals surface area contributed by atoms with Gasteiger partial charge in [0, 0.05) is 5.56 Å². The van der Waals surface area contributed by atoms with Crippen LogP contribution in [0.1, 0.15) is 33.2 Å². The minimum absolute atomic E-state index is 0.174. The molecule has 0 saturated heterocycles. The number of aromatic nitrogens is 2. The van der Waals surface area contributed by atoms with Crippen molar-refractivity contribution in [3.63, 3.8) is 0 Å². The third kappa shape index (κ3) is 2.98. The summed E-state index contributed by atoms with van der Waals surface area (Å²) in [5.74, 6) is -1.66. The van der Waals surface area contributed by atoms with Crippen molar-refractivity contribution in [2.24, 2.45) is 0 Å². The van der Waals surface area contributed by atoms with Gasteiger partial charge in [-0.25, -0.2) is 14.2 Å². The Labute approximate surface area is 159 Å². The standard InChI is InChI=1S/C19H11F3N2O5/c20-19(21,22)9-4-3-5-10(8-9)24-16(26)13(15(25)23-18(24)28)14-11-6-1-2-7-12(11)17(27)29-14/h1-8,14,26H,(H,23,25,28)/t14-/m1/s1. The van der Waals surface area contributed by atoms with Crippen molar-refractivity contribution in [3.05, 3.63) is 91.6 Å². The Kier molecular flexibility index (Phi) is 4.07. The Hall–Kier alpha value is -3.82. The van der Waals surface area contributed by atoms with E-state index in [0.717, 1.165) is 18.2 Å². The van der Waals surface area contributed by atoms with E-state index in [1.54, 1.807) is 12.1 Å². The highest BCUT2D eigenvalue weighted by molar-refractivity contribution is 5.94. The number of aromatic amines is 1. The number of ether oxygens (including phenoxy) is 1. The van der Waals surface area contributed by atoms with Gasteiger partial charge in [-0.1, -0.05) is 24.3 Å². The third-order valence-corrected chi connectivity index (χ3v) is 4.50. The van der Waals surface area contributed by atoms with E-state index in [1.807, 2.05) is 4.98 Å². The minimum Gasteiger partial charge on any atom is -0.494 e. The van der Waals surface area contributed by atoms with Crippen LogP contribution in [0.25, 0.3) is 5.69 Å². The molecular formula is C19H11F3N2O5. The number of fused-ring (bicyclic) bond motifs is 1. The lowest BCUT2D eigenvalue weighted by Crippen LogP contribution is -2.32. The molecule has 2 aromatic carbocycles. The van der Waals surface area contributed by atoms with Gasteiger partial charge in [0.25, 0.3) is 5.56 Å². The van der Waals surface area contributed by atoms with E-state index < -0.39 is 46.5 Å². The number of nitrogens with zero attached hydrogens (tertiary/aromatic N) is 1. The summed E-state index contributed by atoms with van der Waals surface area (Å²) in [5, 5.41) is 10.6. The molecule has 0 saturated carbocycles. The second-order valence-corrected chi connectivity index (χ2v) is 6.25. The van der Waals surface area contributed by atoms with Crippen molar-refractivity contribution in [1.82, 2.24) is 9.55 Å². The van der Waals surface area contributed by atoms with E-state index in [2.05, 4.69) is 0 Å². The number of cyclic esters (lactones) is 1. The van der Waals surface area contributed by atoms with Crippen molar-refractivity contribution in [2.75, 3.05) is 0 Å². The molecule has 148 valence electrons. The molecule has 2 N–H and O–H groups in total. The van der Waals surface area contributed by atoms with Crippen molar-refractivity contribution in [1.29, 1.82) is 0 Å². The Morgan fingerprint density at radius 1 is 1.03 bits per heavy atom. The minimum atomic E-state index is -4.68. The average Bonchev–Trinajstić information content (AvgIpc) is 2.98. The highest BCUT2D eigenvalue weighted by Gasteiger charge is 2.37. The maximum absolute atomic E-state index is 13.0. The molecule has 0 fully saturated rings. The Morgan fingerprint density at radius 2 is 1.76 bits per heavy atom. The van der Waals surface area contributed by atoms with Crippen LogP contribution in [0.15, 0.2) is 58.1 Å². The number of carbonyl (C=O) groups excluding carboxylic acids is 1. The van der Waals surface area contributed by atoms with Gasteiger partial charge in [-0.2, -0.15) is 13.2 Å². The van der Waals surface area contributed by atoms with Gasteiger partial charge in [0.05, 0.1) is 16.8 Å². The molecule has 0 radical (unpaired) electrons. The van der Waals surface area contributed by atoms with Crippen molar-refractivity contribution >= 4 is 5.97 Å². The molecule has 3 aromatic rings. The van der Waals surface area contributed by atoms with Crippen LogP contribution in [0.4, 0.5) is 13.2 Å². The number of halogens is 3. The van der Waals surface area contributed by atoms with Crippen LogP contribution in [0.2, 0.25) is 0 Å². The quantitative estimate of drug-likeness (QED) is 0.640. The van der Waals surface area contributed by atoms with Crippen LogP contribution >= 0.6 is 0 Å². The maximum Gasteiger partial charge on any atom is 0.416 e. The smallest absolute Gasteiger partial charge is 0.416 e. The molecule has 0 spiro atoms. The summed E-state index contributed by atoms with van der Waals surface area (Å²) < 4.78 is 44.7. The normalized spacial score (nSPS) is 15.8. The molecule has 7 nitrogen and oxygen atoms in total. The predicted octanol–water partition coefficient (Wildman–Crippen LogP) is 2.51. The van der Waals surface area contributed by atoms with Crippen LogP contribution < -0.4 is 11.2 Å². The van der Waals surface area contributed by atoms with Crippen LogP contribution in [-0.4, -0.2) is 20.6 Å². The molecule has 0 aliphatic carbocycles. The number of hydrogen-bond donors (Lipinski definition) is 2. The van der Waals surface area contributed by atoms with E-state index in [0.29, 0.717) is 10.6 Å². The molecule has 1 aromatic heterocycles. The van der Waals surface area contributed by atoms with Crippen molar-refractivity contribution < 1.29 is 27.8 Å². The zero-order valence-electron chi connectivity index (χ0n) is 14.4. The first kappa shape index (κ1) is 18.5. The van der Waals surface area contributed by atoms with Crippen molar-refractivity contribution in [3.8, 4) is 11.6 Å². The fourth-order valence-corrected chi connectivity index (χ4v) is 3.20. The van der Waals surface area contributed by atoms with Crippen LogP contribution in [-0.2, 0) is 10.9 Å². The fourth-order valence-electron chi connectivity index (χ4n) is 3.20. The number of alkyl halides is 3. The van der Waals surface area contributed by atoms with E-state index in [-0.39, 0.29) is 16.8 Å². The summed E-state index contributed by atoms with van der Waals surface area (Å²) in [7, 11) is 0. The zero-order chi connectivity index (χ0) is 20.9. The van der Waals surface area contributed by atoms with Gasteiger partial charge in [-0.15, -0.1) is 0 Å². The molecule has 0 bridgehead atoms. The average molecular weight is 404 g/mol. The zero-order valence-corrected chi connectivity index (χ0v) is 14.4. The number of H-pyrrole nitrogens is 1.